The molecule has 13 heavy (non-hydrogen) atoms. The van der Waals surface area contributed by atoms with Gasteiger partial charge in [-0.15, -0.1) is 10.2 Å². The Morgan fingerprint density at radius 1 is 1.38 bits per heavy atom. The molecule has 6 heteroatoms. The Balaban J connectivity index is 2.33. The van der Waals surface area contributed by atoms with Crippen LogP contribution in [-0.4, -0.2) is 32.7 Å². The summed E-state index contributed by atoms with van der Waals surface area (Å²) in [6, 6.07) is 3.56. The van der Waals surface area contributed by atoms with Gasteiger partial charge in [-0.1, -0.05) is 0 Å². The molecule has 66 valence electrons. The summed E-state index contributed by atoms with van der Waals surface area (Å²) in [4.78, 5) is 4.08. The number of nitrogens with one attached hydrogen (secondary N) is 1. The number of ether oxygens (including phenoxy) is 1. The fraction of sp³-hybridized carbons (Fsp3) is 0.143. The number of nitrogens with zero attached hydrogens (tertiary/aromatic N) is 4. The molecule has 0 aliphatic rings. The van der Waals surface area contributed by atoms with Gasteiger partial charge < -0.3 is 4.74 Å². The molecule has 2 aromatic heterocycles. The van der Waals surface area contributed by atoms with Crippen LogP contribution in [0, 0.1) is 0 Å². The molecule has 0 saturated carbocycles. The number of tetrazole rings is 1. The minimum absolute atomic E-state index is 0.475. The van der Waals surface area contributed by atoms with Crippen molar-refractivity contribution in [2.75, 3.05) is 7.11 Å². The van der Waals surface area contributed by atoms with E-state index in [1.54, 1.807) is 25.4 Å². The highest BCUT2D eigenvalue weighted by Gasteiger charge is 2.03. The Hall–Kier alpha value is -1.98. The van der Waals surface area contributed by atoms with E-state index >= 15 is 0 Å². The molecule has 0 aliphatic carbocycles. The highest BCUT2D eigenvalue weighted by molar-refractivity contribution is 5.48. The van der Waals surface area contributed by atoms with E-state index in [9.17, 15) is 0 Å². The van der Waals surface area contributed by atoms with Crippen LogP contribution in [0.25, 0.3) is 11.5 Å². The summed E-state index contributed by atoms with van der Waals surface area (Å²) in [5.74, 6) is 1.18. The van der Waals surface area contributed by atoms with Gasteiger partial charge in [0.05, 0.1) is 13.3 Å². The van der Waals surface area contributed by atoms with Crippen molar-refractivity contribution in [3.63, 3.8) is 0 Å². The maximum atomic E-state index is 4.96. The van der Waals surface area contributed by atoms with E-state index in [4.69, 9.17) is 4.74 Å². The third-order valence-corrected chi connectivity index (χ3v) is 1.55. The molecular weight excluding hydrogens is 170 g/mol. The molecule has 0 amide bonds. The van der Waals surface area contributed by atoms with Gasteiger partial charge in [-0.25, -0.2) is 4.98 Å². The molecule has 0 aliphatic heterocycles. The van der Waals surface area contributed by atoms with E-state index < -0.39 is 0 Å². The number of H-pyrrole nitrogens is 1. The number of rotatable bonds is 2. The molecule has 6 nitrogen and oxygen atoms in total. The first kappa shape index (κ1) is 7.66. The molecule has 0 radical (unpaired) electrons. The van der Waals surface area contributed by atoms with Gasteiger partial charge in [0.15, 0.2) is 0 Å². The number of aromatic amines is 1. The van der Waals surface area contributed by atoms with E-state index in [2.05, 4.69) is 25.6 Å². The molecule has 0 bridgehead atoms. The minimum Gasteiger partial charge on any atom is -0.495 e. The van der Waals surface area contributed by atoms with E-state index in [0.29, 0.717) is 17.3 Å². The average Bonchev–Trinajstić information content (AvgIpc) is 2.71. The van der Waals surface area contributed by atoms with Crippen molar-refractivity contribution in [1.29, 1.82) is 0 Å². The van der Waals surface area contributed by atoms with Crippen LogP contribution in [0.1, 0.15) is 0 Å². The number of methoxy groups -OCH3 is 1. The molecule has 0 spiro atoms. The third-order valence-electron chi connectivity index (χ3n) is 1.55. The van der Waals surface area contributed by atoms with E-state index in [-0.39, 0.29) is 0 Å². The normalized spacial score (nSPS) is 9.92. The molecule has 0 aromatic carbocycles. The van der Waals surface area contributed by atoms with Crippen LogP contribution in [0.4, 0.5) is 0 Å². The Morgan fingerprint density at radius 3 is 2.85 bits per heavy atom. The molecule has 2 aromatic rings. The van der Waals surface area contributed by atoms with Crippen molar-refractivity contribution in [3.05, 3.63) is 18.3 Å². The van der Waals surface area contributed by atoms with Crippen LogP contribution < -0.4 is 4.74 Å². The number of aromatic nitrogens is 5. The quantitative estimate of drug-likeness (QED) is 0.712. The van der Waals surface area contributed by atoms with E-state index in [0.717, 1.165) is 0 Å². The summed E-state index contributed by atoms with van der Waals surface area (Å²) in [5, 5.41) is 13.4. The fourth-order valence-electron chi connectivity index (χ4n) is 0.904. The lowest BCUT2D eigenvalue weighted by Gasteiger charge is -1.97. The highest BCUT2D eigenvalue weighted by Crippen LogP contribution is 2.13. The van der Waals surface area contributed by atoms with Gasteiger partial charge in [0.25, 0.3) is 0 Å². The largest absolute Gasteiger partial charge is 0.495 e. The second-order valence-electron chi connectivity index (χ2n) is 2.32. The topological polar surface area (TPSA) is 76.6 Å². The summed E-state index contributed by atoms with van der Waals surface area (Å²) in [7, 11) is 1.59. The second kappa shape index (κ2) is 3.18. The Morgan fingerprint density at radius 2 is 2.31 bits per heavy atom. The van der Waals surface area contributed by atoms with E-state index in [1.165, 1.54) is 0 Å². The first-order chi connectivity index (χ1) is 6.40. The van der Waals surface area contributed by atoms with Crippen LogP contribution in [0.3, 0.4) is 0 Å². The smallest absolute Gasteiger partial charge is 0.222 e. The first-order valence-electron chi connectivity index (χ1n) is 3.64. The van der Waals surface area contributed by atoms with Crippen molar-refractivity contribution in [1.82, 2.24) is 25.6 Å². The predicted octanol–water partition coefficient (Wildman–Crippen LogP) is 0.270. The molecule has 2 rings (SSSR count). The second-order valence-corrected chi connectivity index (χ2v) is 2.32. The highest BCUT2D eigenvalue weighted by atomic mass is 16.5. The van der Waals surface area contributed by atoms with Gasteiger partial charge in [0.1, 0.15) is 11.4 Å². The van der Waals surface area contributed by atoms with Gasteiger partial charge in [-0.2, -0.15) is 5.21 Å². The lowest BCUT2D eigenvalue weighted by Crippen LogP contribution is -1.88. The Kier molecular flexibility index (Phi) is 1.87. The summed E-state index contributed by atoms with van der Waals surface area (Å²) in [6.07, 6.45) is 1.60. The molecule has 2 heterocycles. The third kappa shape index (κ3) is 1.46. The number of pyridine rings is 1. The number of hydrogen-bond acceptors (Lipinski definition) is 5. The van der Waals surface area contributed by atoms with Gasteiger partial charge in [-0.3, -0.25) is 0 Å². The minimum atomic E-state index is 0.475. The summed E-state index contributed by atoms with van der Waals surface area (Å²) in [6.45, 7) is 0. The number of hydrogen-bond donors (Lipinski definition) is 1. The van der Waals surface area contributed by atoms with Crippen LogP contribution in [0.5, 0.6) is 5.75 Å². The predicted molar refractivity (Wildman–Crippen MR) is 44.0 cm³/mol. The van der Waals surface area contributed by atoms with Crippen molar-refractivity contribution < 1.29 is 4.74 Å². The van der Waals surface area contributed by atoms with E-state index in [1.807, 2.05) is 0 Å². The fourth-order valence-corrected chi connectivity index (χ4v) is 0.904. The molecular formula is C7H7N5O. The SMILES string of the molecule is COc1ccc(-c2nn[nH]n2)nc1. The molecule has 0 atom stereocenters. The molecule has 0 saturated heterocycles. The van der Waals surface area contributed by atoms with Crippen molar-refractivity contribution in [2.24, 2.45) is 0 Å². The summed E-state index contributed by atoms with van der Waals surface area (Å²) < 4.78 is 4.96. The monoisotopic (exact) mass is 177 g/mol. The summed E-state index contributed by atoms with van der Waals surface area (Å²) in [5.41, 5.74) is 0.662. The lowest BCUT2D eigenvalue weighted by atomic mass is 10.3. The van der Waals surface area contributed by atoms with Gasteiger partial charge in [0.2, 0.25) is 5.82 Å². The van der Waals surface area contributed by atoms with Crippen LogP contribution >= 0.6 is 0 Å². The van der Waals surface area contributed by atoms with Crippen molar-refractivity contribution >= 4 is 0 Å². The van der Waals surface area contributed by atoms with Crippen molar-refractivity contribution in [3.8, 4) is 17.3 Å². The summed E-state index contributed by atoms with van der Waals surface area (Å²) >= 11 is 0. The lowest BCUT2D eigenvalue weighted by molar-refractivity contribution is 0.413. The van der Waals surface area contributed by atoms with Crippen LogP contribution in [0.15, 0.2) is 18.3 Å². The standard InChI is InChI=1S/C7H7N5O/c1-13-5-2-3-6(8-4-5)7-9-11-12-10-7/h2-4H,1H3,(H,9,10,11,12). The molecule has 1 N–H and O–H groups in total. The zero-order chi connectivity index (χ0) is 9.10. The first-order valence-corrected chi connectivity index (χ1v) is 3.64. The van der Waals surface area contributed by atoms with Crippen LogP contribution in [-0.2, 0) is 0 Å². The van der Waals surface area contributed by atoms with Gasteiger partial charge in [0, 0.05) is 0 Å². The maximum Gasteiger partial charge on any atom is 0.222 e. The Labute approximate surface area is 74.0 Å². The van der Waals surface area contributed by atoms with Gasteiger partial charge in [-0.05, 0) is 17.3 Å². The van der Waals surface area contributed by atoms with Crippen molar-refractivity contribution in [2.45, 2.75) is 0 Å². The Bertz CT molecular complexity index is 368. The zero-order valence-corrected chi connectivity index (χ0v) is 6.93. The van der Waals surface area contributed by atoms with Crippen LogP contribution in [0.2, 0.25) is 0 Å². The average molecular weight is 177 g/mol. The molecule has 0 fully saturated rings. The zero-order valence-electron chi connectivity index (χ0n) is 6.93. The molecule has 0 unspecified atom stereocenters. The van der Waals surface area contributed by atoms with Gasteiger partial charge >= 0.3 is 0 Å². The maximum absolute atomic E-state index is 4.96.